The van der Waals surface area contributed by atoms with Gasteiger partial charge in [-0.1, -0.05) is 20.8 Å². The first kappa shape index (κ1) is 11.5. The molecular weight excluding hydrogens is 178 g/mol. The molecular formula is C11H21NO2. The van der Waals surface area contributed by atoms with Crippen molar-refractivity contribution in [3.8, 4) is 0 Å². The van der Waals surface area contributed by atoms with E-state index in [1.165, 1.54) is 0 Å². The molecule has 1 N–H and O–H groups in total. The molecule has 0 saturated carbocycles. The minimum absolute atomic E-state index is 0.149. The Morgan fingerprint density at radius 2 is 2.29 bits per heavy atom. The van der Waals surface area contributed by atoms with Crippen LogP contribution in [0.25, 0.3) is 0 Å². The molecule has 1 fully saturated rings. The predicted octanol–water partition coefficient (Wildman–Crippen LogP) is 1.57. The van der Waals surface area contributed by atoms with Gasteiger partial charge in [-0.05, 0) is 12.3 Å². The lowest BCUT2D eigenvalue weighted by molar-refractivity contribution is -0.122. The van der Waals surface area contributed by atoms with Crippen molar-refractivity contribution in [1.82, 2.24) is 5.32 Å². The van der Waals surface area contributed by atoms with Crippen LogP contribution in [0.15, 0.2) is 0 Å². The Bertz CT molecular complexity index is 186. The van der Waals surface area contributed by atoms with Crippen LogP contribution in [0.4, 0.5) is 0 Å². The van der Waals surface area contributed by atoms with E-state index in [-0.39, 0.29) is 11.9 Å². The molecule has 0 aromatic rings. The summed E-state index contributed by atoms with van der Waals surface area (Å²) >= 11 is 0. The summed E-state index contributed by atoms with van der Waals surface area (Å²) < 4.78 is 5.35. The van der Waals surface area contributed by atoms with E-state index in [2.05, 4.69) is 19.2 Å². The zero-order valence-electron chi connectivity index (χ0n) is 9.38. The molecule has 1 aliphatic heterocycles. The smallest absolute Gasteiger partial charge is 0.219 e. The highest BCUT2D eigenvalue weighted by Crippen LogP contribution is 2.21. The Morgan fingerprint density at radius 3 is 2.71 bits per heavy atom. The average molecular weight is 199 g/mol. The normalized spacial score (nSPS) is 23.9. The SMILES string of the molecule is CCC(=O)NC(C(C)C)C1CCOC1. The first-order valence-electron chi connectivity index (χ1n) is 5.52. The van der Waals surface area contributed by atoms with Crippen molar-refractivity contribution in [2.45, 2.75) is 39.7 Å². The van der Waals surface area contributed by atoms with Crippen LogP contribution in [0, 0.1) is 11.8 Å². The van der Waals surface area contributed by atoms with E-state index in [4.69, 9.17) is 4.74 Å². The van der Waals surface area contributed by atoms with E-state index in [0.29, 0.717) is 18.3 Å². The monoisotopic (exact) mass is 199 g/mol. The van der Waals surface area contributed by atoms with Crippen LogP contribution in [0.1, 0.15) is 33.6 Å². The molecule has 3 nitrogen and oxygen atoms in total. The van der Waals surface area contributed by atoms with Crippen LogP contribution in [-0.2, 0) is 9.53 Å². The second kappa shape index (κ2) is 5.35. The van der Waals surface area contributed by atoms with Gasteiger partial charge < -0.3 is 10.1 Å². The molecule has 2 atom stereocenters. The van der Waals surface area contributed by atoms with Crippen LogP contribution in [0.5, 0.6) is 0 Å². The van der Waals surface area contributed by atoms with E-state index in [0.717, 1.165) is 19.6 Å². The Labute approximate surface area is 86.2 Å². The number of carbonyl (C=O) groups is 1. The maximum atomic E-state index is 11.3. The van der Waals surface area contributed by atoms with Crippen molar-refractivity contribution in [1.29, 1.82) is 0 Å². The van der Waals surface area contributed by atoms with Crippen molar-refractivity contribution in [3.63, 3.8) is 0 Å². The van der Waals surface area contributed by atoms with Gasteiger partial charge in [-0.2, -0.15) is 0 Å². The molecule has 0 aromatic heterocycles. The zero-order valence-corrected chi connectivity index (χ0v) is 9.38. The van der Waals surface area contributed by atoms with Gasteiger partial charge in [0.1, 0.15) is 0 Å². The Kier molecular flexibility index (Phi) is 4.39. The first-order valence-corrected chi connectivity index (χ1v) is 5.52. The maximum Gasteiger partial charge on any atom is 0.219 e. The van der Waals surface area contributed by atoms with Crippen molar-refractivity contribution >= 4 is 5.91 Å². The number of nitrogens with one attached hydrogen (secondary N) is 1. The summed E-state index contributed by atoms with van der Waals surface area (Å²) in [6.07, 6.45) is 1.64. The molecule has 3 heteroatoms. The Morgan fingerprint density at radius 1 is 1.57 bits per heavy atom. The van der Waals surface area contributed by atoms with Crippen molar-refractivity contribution < 1.29 is 9.53 Å². The fourth-order valence-electron chi connectivity index (χ4n) is 1.95. The van der Waals surface area contributed by atoms with Crippen LogP contribution in [0.2, 0.25) is 0 Å². The fourth-order valence-corrected chi connectivity index (χ4v) is 1.95. The number of carbonyl (C=O) groups excluding carboxylic acids is 1. The lowest BCUT2D eigenvalue weighted by Gasteiger charge is -2.27. The first-order chi connectivity index (χ1) is 6.65. The van der Waals surface area contributed by atoms with Crippen molar-refractivity contribution in [2.24, 2.45) is 11.8 Å². The molecule has 0 spiro atoms. The molecule has 0 bridgehead atoms. The lowest BCUT2D eigenvalue weighted by Crippen LogP contribution is -2.43. The molecule has 1 saturated heterocycles. The highest BCUT2D eigenvalue weighted by atomic mass is 16.5. The van der Waals surface area contributed by atoms with Gasteiger partial charge in [0.25, 0.3) is 0 Å². The quantitative estimate of drug-likeness (QED) is 0.746. The summed E-state index contributed by atoms with van der Waals surface area (Å²) in [5.74, 6) is 1.14. The third kappa shape index (κ3) is 2.98. The van der Waals surface area contributed by atoms with Crippen LogP contribution >= 0.6 is 0 Å². The van der Waals surface area contributed by atoms with Gasteiger partial charge in [0.05, 0.1) is 6.61 Å². The number of hydrogen-bond acceptors (Lipinski definition) is 2. The summed E-state index contributed by atoms with van der Waals surface area (Å²) in [6, 6.07) is 0.282. The Hall–Kier alpha value is -0.570. The van der Waals surface area contributed by atoms with Gasteiger partial charge in [-0.15, -0.1) is 0 Å². The molecule has 1 aliphatic rings. The third-order valence-electron chi connectivity index (χ3n) is 2.84. The third-order valence-corrected chi connectivity index (χ3v) is 2.84. The molecule has 0 aromatic carbocycles. The van der Waals surface area contributed by atoms with Crippen molar-refractivity contribution in [2.75, 3.05) is 13.2 Å². The minimum atomic E-state index is 0.149. The summed E-state index contributed by atoms with van der Waals surface area (Å²) in [7, 11) is 0. The van der Waals surface area contributed by atoms with E-state index >= 15 is 0 Å². The van der Waals surface area contributed by atoms with E-state index in [1.54, 1.807) is 0 Å². The average Bonchev–Trinajstić information content (AvgIpc) is 2.65. The number of amides is 1. The van der Waals surface area contributed by atoms with Gasteiger partial charge >= 0.3 is 0 Å². The van der Waals surface area contributed by atoms with Crippen molar-refractivity contribution in [3.05, 3.63) is 0 Å². The van der Waals surface area contributed by atoms with Crippen LogP contribution in [-0.4, -0.2) is 25.2 Å². The van der Waals surface area contributed by atoms with E-state index in [9.17, 15) is 4.79 Å². The molecule has 1 rings (SSSR count). The summed E-state index contributed by atoms with van der Waals surface area (Å²) in [6.45, 7) is 7.83. The molecule has 14 heavy (non-hydrogen) atoms. The number of hydrogen-bond donors (Lipinski definition) is 1. The van der Waals surface area contributed by atoms with Crippen LogP contribution in [0.3, 0.4) is 0 Å². The summed E-state index contributed by atoms with van der Waals surface area (Å²) in [5, 5.41) is 3.09. The highest BCUT2D eigenvalue weighted by molar-refractivity contribution is 5.75. The summed E-state index contributed by atoms with van der Waals surface area (Å²) in [5.41, 5.74) is 0. The molecule has 1 amide bonds. The number of ether oxygens (including phenoxy) is 1. The lowest BCUT2D eigenvalue weighted by atomic mass is 9.90. The van der Waals surface area contributed by atoms with Gasteiger partial charge in [0.2, 0.25) is 5.91 Å². The molecule has 82 valence electrons. The minimum Gasteiger partial charge on any atom is -0.381 e. The molecule has 0 aliphatic carbocycles. The topological polar surface area (TPSA) is 38.3 Å². The largest absolute Gasteiger partial charge is 0.381 e. The number of rotatable bonds is 4. The second-order valence-electron chi connectivity index (χ2n) is 4.31. The van der Waals surface area contributed by atoms with E-state index in [1.807, 2.05) is 6.92 Å². The predicted molar refractivity (Wildman–Crippen MR) is 56.0 cm³/mol. The standard InChI is InChI=1S/C11H21NO2/c1-4-10(13)12-11(8(2)3)9-5-6-14-7-9/h8-9,11H,4-7H2,1-3H3,(H,12,13). The van der Waals surface area contributed by atoms with Crippen LogP contribution < -0.4 is 5.32 Å². The van der Waals surface area contributed by atoms with E-state index < -0.39 is 0 Å². The molecule has 0 radical (unpaired) electrons. The summed E-state index contributed by atoms with van der Waals surface area (Å²) in [4.78, 5) is 11.3. The fraction of sp³-hybridized carbons (Fsp3) is 0.909. The maximum absolute atomic E-state index is 11.3. The zero-order chi connectivity index (χ0) is 10.6. The van der Waals surface area contributed by atoms with Gasteiger partial charge in [0.15, 0.2) is 0 Å². The van der Waals surface area contributed by atoms with Gasteiger partial charge in [0, 0.05) is 25.0 Å². The second-order valence-corrected chi connectivity index (χ2v) is 4.31. The van der Waals surface area contributed by atoms with Gasteiger partial charge in [-0.25, -0.2) is 0 Å². The molecule has 1 heterocycles. The Balaban J connectivity index is 2.49. The highest BCUT2D eigenvalue weighted by Gasteiger charge is 2.28. The molecule has 2 unspecified atom stereocenters. The van der Waals surface area contributed by atoms with Gasteiger partial charge in [-0.3, -0.25) is 4.79 Å².